The predicted octanol–water partition coefficient (Wildman–Crippen LogP) is -3.64. The Kier molecular flexibility index (Phi) is 35.0. The van der Waals surface area contributed by atoms with Crippen LogP contribution in [0.15, 0.2) is 48.6 Å². The van der Waals surface area contributed by atoms with Gasteiger partial charge >= 0.3 is 19.5 Å². The molecule has 0 saturated heterocycles. The molecule has 0 atom stereocenters. The predicted molar refractivity (Wildman–Crippen MR) is 73.5 cm³/mol. The fourth-order valence-corrected chi connectivity index (χ4v) is 1.71. The molecule has 20 heavy (non-hydrogen) atoms. The molecule has 0 bridgehead atoms. The SMILES string of the molecule is C1=CCCC=CCC1.C1=CCCC=CCC1.[Cl-].[Cl-].[Cl-].[Rh+3]. The maximum absolute atomic E-state index is 2.27. The van der Waals surface area contributed by atoms with Gasteiger partial charge in [-0.3, -0.25) is 0 Å². The third-order valence-corrected chi connectivity index (χ3v) is 2.67. The molecule has 2 aliphatic carbocycles. The molecular weight excluding hydrogens is 401 g/mol. The van der Waals surface area contributed by atoms with Crippen LogP contribution in [0.5, 0.6) is 0 Å². The Balaban J connectivity index is -0.000000107. The van der Waals surface area contributed by atoms with Crippen LogP contribution in [0.3, 0.4) is 0 Å². The summed E-state index contributed by atoms with van der Waals surface area (Å²) in [6, 6.07) is 0. The van der Waals surface area contributed by atoms with E-state index in [0.29, 0.717) is 0 Å². The van der Waals surface area contributed by atoms with Crippen LogP contribution in [0.25, 0.3) is 0 Å². The second-order valence-electron chi connectivity index (χ2n) is 4.20. The average Bonchev–Trinajstić information content (AvgIpc) is 2.15. The van der Waals surface area contributed by atoms with Gasteiger partial charge in [0.1, 0.15) is 0 Å². The van der Waals surface area contributed by atoms with Crippen molar-refractivity contribution in [2.45, 2.75) is 51.4 Å². The van der Waals surface area contributed by atoms with Crippen LogP contribution in [0, 0.1) is 0 Å². The van der Waals surface area contributed by atoms with Crippen molar-refractivity contribution in [2.75, 3.05) is 0 Å². The molecule has 0 aliphatic heterocycles. The molecule has 0 aromatic rings. The zero-order valence-electron chi connectivity index (χ0n) is 11.7. The van der Waals surface area contributed by atoms with Crippen molar-refractivity contribution in [1.82, 2.24) is 0 Å². The monoisotopic (exact) mass is 424 g/mol. The Morgan fingerprint density at radius 3 is 0.500 bits per heavy atom. The van der Waals surface area contributed by atoms with E-state index in [2.05, 4.69) is 48.6 Å². The number of hydrogen-bond acceptors (Lipinski definition) is 0. The van der Waals surface area contributed by atoms with Crippen molar-refractivity contribution in [3.8, 4) is 0 Å². The number of rotatable bonds is 0. The minimum atomic E-state index is 0. The first-order valence-electron chi connectivity index (χ1n) is 6.60. The second-order valence-corrected chi connectivity index (χ2v) is 4.20. The average molecular weight is 426 g/mol. The number of halogens is 3. The Morgan fingerprint density at radius 2 is 0.400 bits per heavy atom. The third kappa shape index (κ3) is 20.8. The summed E-state index contributed by atoms with van der Waals surface area (Å²) in [4.78, 5) is 0. The van der Waals surface area contributed by atoms with Crippen molar-refractivity contribution in [1.29, 1.82) is 0 Å². The maximum atomic E-state index is 2.27. The molecule has 2 aliphatic rings. The standard InChI is InChI=1S/2C8H12.3ClH.Rh/c2*1-2-4-6-8-7-5-3-1;;;;/h2*1-2,7-8H,3-6H2;3*1H;/q;;;;;+3/p-3. The van der Waals surface area contributed by atoms with E-state index in [-0.39, 0.29) is 56.7 Å². The fourth-order valence-electron chi connectivity index (χ4n) is 1.71. The van der Waals surface area contributed by atoms with Crippen LogP contribution in [-0.2, 0) is 19.5 Å². The van der Waals surface area contributed by atoms with Crippen LogP contribution in [0.4, 0.5) is 0 Å². The molecule has 0 nitrogen and oxygen atoms in total. The summed E-state index contributed by atoms with van der Waals surface area (Å²) in [7, 11) is 0. The topological polar surface area (TPSA) is 0 Å². The normalized spacial score (nSPS) is 16.0. The van der Waals surface area contributed by atoms with Gasteiger partial charge < -0.3 is 37.2 Å². The van der Waals surface area contributed by atoms with Crippen molar-refractivity contribution in [3.63, 3.8) is 0 Å². The van der Waals surface area contributed by atoms with Gasteiger partial charge in [0.2, 0.25) is 0 Å². The zero-order valence-corrected chi connectivity index (χ0v) is 15.6. The molecule has 0 amide bonds. The smallest absolute Gasteiger partial charge is 1.00 e. The van der Waals surface area contributed by atoms with Gasteiger partial charge in [0, 0.05) is 0 Å². The van der Waals surface area contributed by atoms with Gasteiger partial charge in [0.05, 0.1) is 0 Å². The Morgan fingerprint density at radius 1 is 0.300 bits per heavy atom. The van der Waals surface area contributed by atoms with Crippen LogP contribution in [0.2, 0.25) is 0 Å². The van der Waals surface area contributed by atoms with E-state index in [1.54, 1.807) is 0 Å². The van der Waals surface area contributed by atoms with Gasteiger partial charge in [-0.25, -0.2) is 0 Å². The Labute approximate surface area is 156 Å². The van der Waals surface area contributed by atoms with Crippen molar-refractivity contribution >= 4 is 0 Å². The van der Waals surface area contributed by atoms with Gasteiger partial charge in [0.25, 0.3) is 0 Å². The van der Waals surface area contributed by atoms with Crippen LogP contribution >= 0.6 is 0 Å². The largest absolute Gasteiger partial charge is 3.00 e. The molecule has 4 heteroatoms. The first kappa shape index (κ1) is 28.6. The molecule has 2 rings (SSSR count). The van der Waals surface area contributed by atoms with Crippen molar-refractivity contribution in [2.24, 2.45) is 0 Å². The number of hydrogen-bond donors (Lipinski definition) is 0. The van der Waals surface area contributed by atoms with E-state index < -0.39 is 0 Å². The minimum Gasteiger partial charge on any atom is -1.00 e. The molecular formula is C16H24Cl3Rh. The van der Waals surface area contributed by atoms with Crippen LogP contribution in [-0.4, -0.2) is 0 Å². The first-order chi connectivity index (χ1) is 8.00. The molecule has 0 spiro atoms. The van der Waals surface area contributed by atoms with E-state index in [4.69, 9.17) is 0 Å². The third-order valence-electron chi connectivity index (χ3n) is 2.67. The molecule has 0 N–H and O–H groups in total. The molecule has 0 aromatic carbocycles. The van der Waals surface area contributed by atoms with Crippen LogP contribution in [0.1, 0.15) is 51.4 Å². The van der Waals surface area contributed by atoms with Crippen molar-refractivity contribution < 1.29 is 56.7 Å². The quantitative estimate of drug-likeness (QED) is 0.278. The molecule has 0 fully saturated rings. The molecule has 0 aromatic heterocycles. The van der Waals surface area contributed by atoms with E-state index >= 15 is 0 Å². The summed E-state index contributed by atoms with van der Waals surface area (Å²) >= 11 is 0. The van der Waals surface area contributed by atoms with Crippen molar-refractivity contribution in [3.05, 3.63) is 48.6 Å². The van der Waals surface area contributed by atoms with E-state index in [0.717, 1.165) is 0 Å². The summed E-state index contributed by atoms with van der Waals surface area (Å²) in [5.41, 5.74) is 0. The van der Waals surface area contributed by atoms with Crippen LogP contribution < -0.4 is 37.2 Å². The van der Waals surface area contributed by atoms with E-state index in [1.165, 1.54) is 51.4 Å². The van der Waals surface area contributed by atoms with E-state index in [1.807, 2.05) is 0 Å². The Hall–Kier alpha value is 0.453. The van der Waals surface area contributed by atoms with E-state index in [9.17, 15) is 0 Å². The second kappa shape index (κ2) is 24.5. The molecule has 0 unspecified atom stereocenters. The summed E-state index contributed by atoms with van der Waals surface area (Å²) < 4.78 is 0. The summed E-state index contributed by atoms with van der Waals surface area (Å²) in [5, 5.41) is 0. The molecule has 118 valence electrons. The zero-order chi connectivity index (χ0) is 11.3. The van der Waals surface area contributed by atoms with Gasteiger partial charge in [0.15, 0.2) is 0 Å². The molecule has 0 heterocycles. The first-order valence-corrected chi connectivity index (χ1v) is 6.60. The molecule has 0 saturated carbocycles. The van der Waals surface area contributed by atoms with Gasteiger partial charge in [-0.2, -0.15) is 0 Å². The summed E-state index contributed by atoms with van der Waals surface area (Å²) in [5.74, 6) is 0. The Bertz CT molecular complexity index is 191. The summed E-state index contributed by atoms with van der Waals surface area (Å²) in [6.45, 7) is 0. The maximum Gasteiger partial charge on any atom is 3.00 e. The fraction of sp³-hybridized carbons (Fsp3) is 0.500. The van der Waals surface area contributed by atoms with Gasteiger partial charge in [-0.1, -0.05) is 48.6 Å². The molecule has 0 radical (unpaired) electrons. The van der Waals surface area contributed by atoms with Gasteiger partial charge in [-0.05, 0) is 51.4 Å². The minimum absolute atomic E-state index is 0. The summed E-state index contributed by atoms with van der Waals surface area (Å²) in [6.07, 6.45) is 28.0. The van der Waals surface area contributed by atoms with Gasteiger partial charge in [-0.15, -0.1) is 0 Å². The number of allylic oxidation sites excluding steroid dienone is 8.